The van der Waals surface area contributed by atoms with E-state index in [2.05, 4.69) is 44.9 Å². The van der Waals surface area contributed by atoms with E-state index in [4.69, 9.17) is 15.7 Å². The summed E-state index contributed by atoms with van der Waals surface area (Å²) in [5, 5.41) is 11.6. The van der Waals surface area contributed by atoms with Gasteiger partial charge in [0.2, 0.25) is 11.8 Å². The molecular weight excluding hydrogens is 326 g/mol. The summed E-state index contributed by atoms with van der Waals surface area (Å²) in [7, 11) is 1.56. The van der Waals surface area contributed by atoms with Gasteiger partial charge in [-0.3, -0.25) is 0 Å². The van der Waals surface area contributed by atoms with Crippen LogP contribution in [0.15, 0.2) is 15.8 Å². The average Bonchev–Trinajstić information content (AvgIpc) is 2.43. The molecule has 0 bridgehead atoms. The van der Waals surface area contributed by atoms with Crippen LogP contribution >= 0.6 is 15.9 Å². The minimum absolute atomic E-state index is 0.183. The van der Waals surface area contributed by atoms with Crippen LogP contribution in [0.1, 0.15) is 20.3 Å². The number of ether oxygens (including phenoxy) is 1. The normalized spacial score (nSPS) is 11.8. The van der Waals surface area contributed by atoms with Gasteiger partial charge in [0, 0.05) is 19.5 Å². The number of nitrogens with zero attached hydrogens (tertiary/aromatic N) is 4. The highest BCUT2D eigenvalue weighted by Crippen LogP contribution is 2.23. The minimum atomic E-state index is 0.183. The fraction of sp³-hybridized carbons (Fsp3) is 0.583. The molecule has 0 aliphatic heterocycles. The summed E-state index contributed by atoms with van der Waals surface area (Å²) in [5.41, 5.74) is 5.51. The lowest BCUT2D eigenvalue weighted by Crippen LogP contribution is -2.32. The van der Waals surface area contributed by atoms with Crippen LogP contribution in [0.5, 0.6) is 5.88 Å². The van der Waals surface area contributed by atoms with Crippen molar-refractivity contribution < 1.29 is 9.94 Å². The van der Waals surface area contributed by atoms with Crippen LogP contribution in [0.2, 0.25) is 0 Å². The summed E-state index contributed by atoms with van der Waals surface area (Å²) in [6, 6.07) is 0. The van der Waals surface area contributed by atoms with Crippen molar-refractivity contribution in [3.63, 3.8) is 0 Å². The van der Waals surface area contributed by atoms with Crippen LogP contribution in [0.4, 0.5) is 5.95 Å². The third-order valence-electron chi connectivity index (χ3n) is 2.53. The molecule has 0 saturated heterocycles. The summed E-state index contributed by atoms with van der Waals surface area (Å²) < 4.78 is 5.87. The minimum Gasteiger partial charge on any atom is -0.480 e. The summed E-state index contributed by atoms with van der Waals surface area (Å²) >= 11 is 3.32. The first-order valence-electron chi connectivity index (χ1n) is 6.25. The molecule has 0 fully saturated rings. The van der Waals surface area contributed by atoms with E-state index in [1.54, 1.807) is 13.3 Å². The zero-order valence-corrected chi connectivity index (χ0v) is 13.5. The first-order valence-corrected chi connectivity index (χ1v) is 7.05. The quantitative estimate of drug-likeness (QED) is 0.338. The Morgan fingerprint density at radius 2 is 2.30 bits per heavy atom. The van der Waals surface area contributed by atoms with E-state index in [1.165, 1.54) is 0 Å². The van der Waals surface area contributed by atoms with Crippen molar-refractivity contribution in [3.05, 3.63) is 10.7 Å². The molecule has 1 rings (SSSR count). The zero-order valence-electron chi connectivity index (χ0n) is 11.9. The van der Waals surface area contributed by atoms with Crippen molar-refractivity contribution in [1.29, 1.82) is 0 Å². The zero-order chi connectivity index (χ0) is 15.1. The van der Waals surface area contributed by atoms with Crippen molar-refractivity contribution in [2.75, 3.05) is 25.1 Å². The van der Waals surface area contributed by atoms with Crippen molar-refractivity contribution in [2.45, 2.75) is 20.3 Å². The Balaban J connectivity index is 2.91. The Kier molecular flexibility index (Phi) is 6.50. The van der Waals surface area contributed by atoms with E-state index in [1.807, 2.05) is 4.90 Å². The molecule has 0 amide bonds. The molecule has 112 valence electrons. The highest BCUT2D eigenvalue weighted by atomic mass is 79.9. The first-order chi connectivity index (χ1) is 9.47. The molecule has 0 aliphatic carbocycles. The Hall–Kier alpha value is -1.57. The SMILES string of the molecule is COc1nc(N(CCC(N)=NO)CC(C)C)ncc1Br. The number of anilines is 1. The molecular formula is C12H20BrN5O2. The highest BCUT2D eigenvalue weighted by Gasteiger charge is 2.14. The number of oxime groups is 1. The van der Waals surface area contributed by atoms with Gasteiger partial charge in [-0.1, -0.05) is 19.0 Å². The fourth-order valence-electron chi connectivity index (χ4n) is 1.65. The number of rotatable bonds is 7. The van der Waals surface area contributed by atoms with Crippen LogP contribution < -0.4 is 15.4 Å². The molecule has 0 saturated carbocycles. The van der Waals surface area contributed by atoms with E-state index in [0.717, 1.165) is 6.54 Å². The Bertz CT molecular complexity index is 467. The van der Waals surface area contributed by atoms with Crippen molar-refractivity contribution in [2.24, 2.45) is 16.8 Å². The number of nitrogens with two attached hydrogens (primary N) is 1. The number of methoxy groups -OCH3 is 1. The van der Waals surface area contributed by atoms with Gasteiger partial charge in [-0.15, -0.1) is 0 Å². The third kappa shape index (κ3) is 4.84. The summed E-state index contributed by atoms with van der Waals surface area (Å²) in [6.07, 6.45) is 2.09. The number of halogens is 1. The van der Waals surface area contributed by atoms with Crippen LogP contribution in [0, 0.1) is 5.92 Å². The number of amidine groups is 1. The number of aromatic nitrogens is 2. The second kappa shape index (κ2) is 7.88. The second-order valence-electron chi connectivity index (χ2n) is 4.71. The molecule has 1 aromatic rings. The highest BCUT2D eigenvalue weighted by molar-refractivity contribution is 9.10. The summed E-state index contributed by atoms with van der Waals surface area (Å²) in [6.45, 7) is 5.54. The standard InChI is InChI=1S/C12H20BrN5O2/c1-8(2)7-18(5-4-10(14)17-19)12-15-6-9(13)11(16-12)20-3/h6,8,19H,4-5,7H2,1-3H3,(H2,14,17). The third-order valence-corrected chi connectivity index (χ3v) is 3.07. The smallest absolute Gasteiger partial charge is 0.232 e. The molecule has 3 N–H and O–H groups in total. The monoisotopic (exact) mass is 345 g/mol. The molecule has 0 spiro atoms. The topological polar surface area (TPSA) is 96.9 Å². The first kappa shape index (κ1) is 16.5. The van der Waals surface area contributed by atoms with Gasteiger partial charge in [-0.2, -0.15) is 4.98 Å². The maximum Gasteiger partial charge on any atom is 0.232 e. The molecule has 0 aromatic carbocycles. The molecule has 0 atom stereocenters. The molecule has 0 radical (unpaired) electrons. The van der Waals surface area contributed by atoms with Gasteiger partial charge in [-0.05, 0) is 21.8 Å². The molecule has 1 heterocycles. The van der Waals surface area contributed by atoms with Crippen LogP contribution in [0.25, 0.3) is 0 Å². The van der Waals surface area contributed by atoms with Gasteiger partial charge in [0.15, 0.2) is 0 Å². The van der Waals surface area contributed by atoms with Crippen molar-refractivity contribution >= 4 is 27.7 Å². The van der Waals surface area contributed by atoms with Gasteiger partial charge >= 0.3 is 0 Å². The predicted octanol–water partition coefficient (Wildman–Crippen LogP) is 1.85. The van der Waals surface area contributed by atoms with Crippen LogP contribution in [0.3, 0.4) is 0 Å². The lowest BCUT2D eigenvalue weighted by molar-refractivity contribution is 0.317. The van der Waals surface area contributed by atoms with Gasteiger partial charge in [0.1, 0.15) is 5.84 Å². The predicted molar refractivity (Wildman–Crippen MR) is 81.4 cm³/mol. The van der Waals surface area contributed by atoms with E-state index < -0.39 is 0 Å². The Morgan fingerprint density at radius 3 is 2.85 bits per heavy atom. The maximum absolute atomic E-state index is 8.61. The lowest BCUT2D eigenvalue weighted by Gasteiger charge is -2.24. The van der Waals surface area contributed by atoms with Gasteiger partial charge in [0.25, 0.3) is 0 Å². The average molecular weight is 346 g/mol. The molecule has 0 unspecified atom stereocenters. The summed E-state index contributed by atoms with van der Waals surface area (Å²) in [4.78, 5) is 10.6. The Labute approximate surface area is 127 Å². The molecule has 1 aromatic heterocycles. The molecule has 0 aliphatic rings. The summed E-state index contributed by atoms with van der Waals surface area (Å²) in [5.74, 6) is 1.65. The largest absolute Gasteiger partial charge is 0.480 e. The van der Waals surface area contributed by atoms with Gasteiger partial charge in [0.05, 0.1) is 17.8 Å². The van der Waals surface area contributed by atoms with E-state index in [-0.39, 0.29) is 5.84 Å². The fourth-order valence-corrected chi connectivity index (χ4v) is 2.00. The molecule has 8 heteroatoms. The van der Waals surface area contributed by atoms with Crippen LogP contribution in [-0.2, 0) is 0 Å². The van der Waals surface area contributed by atoms with Gasteiger partial charge in [-0.25, -0.2) is 4.98 Å². The molecule has 7 nitrogen and oxygen atoms in total. The van der Waals surface area contributed by atoms with Gasteiger partial charge < -0.3 is 20.6 Å². The lowest BCUT2D eigenvalue weighted by atomic mass is 10.2. The van der Waals surface area contributed by atoms with Crippen molar-refractivity contribution in [1.82, 2.24) is 9.97 Å². The maximum atomic E-state index is 8.61. The molecule has 20 heavy (non-hydrogen) atoms. The van der Waals surface area contributed by atoms with E-state index >= 15 is 0 Å². The van der Waals surface area contributed by atoms with E-state index in [9.17, 15) is 0 Å². The second-order valence-corrected chi connectivity index (χ2v) is 5.56. The van der Waals surface area contributed by atoms with Crippen LogP contribution in [-0.4, -0.2) is 41.2 Å². The Morgan fingerprint density at radius 1 is 1.60 bits per heavy atom. The van der Waals surface area contributed by atoms with E-state index in [0.29, 0.717) is 35.2 Å². The number of hydrogen-bond donors (Lipinski definition) is 2. The number of hydrogen-bond acceptors (Lipinski definition) is 6. The van der Waals surface area contributed by atoms with Crippen molar-refractivity contribution in [3.8, 4) is 5.88 Å².